The molecular weight excluding hydrogens is 586 g/mol. The lowest BCUT2D eigenvalue weighted by molar-refractivity contribution is -0.129. The Hall–Kier alpha value is -4.94. The van der Waals surface area contributed by atoms with E-state index in [2.05, 4.69) is 56.8 Å². The van der Waals surface area contributed by atoms with Crippen LogP contribution in [0.5, 0.6) is 0 Å². The summed E-state index contributed by atoms with van der Waals surface area (Å²) in [6, 6.07) is 9.62. The highest BCUT2D eigenvalue weighted by atomic mass is 16.5. The maximum absolute atomic E-state index is 12.8. The van der Waals surface area contributed by atoms with Gasteiger partial charge in [0, 0.05) is 37.3 Å². The molecule has 5 heterocycles. The molecule has 1 aromatic carbocycles. The van der Waals surface area contributed by atoms with Crippen LogP contribution in [0.25, 0.3) is 17.0 Å². The number of likely N-dealkylation sites (N-methyl/N-ethyl adjacent to an activating group) is 1. The Bertz CT molecular complexity index is 1720. The van der Waals surface area contributed by atoms with Crippen LogP contribution in [-0.2, 0) is 31.9 Å². The van der Waals surface area contributed by atoms with Crippen molar-refractivity contribution in [2.75, 3.05) is 51.9 Å². The summed E-state index contributed by atoms with van der Waals surface area (Å²) in [4.78, 5) is 47.7. The van der Waals surface area contributed by atoms with E-state index >= 15 is 0 Å². The van der Waals surface area contributed by atoms with Crippen LogP contribution >= 0.6 is 0 Å². The summed E-state index contributed by atoms with van der Waals surface area (Å²) in [5.74, 6) is -0.574. The largest absolute Gasteiger partial charge is 0.377 e. The normalized spacial score (nSPS) is 18.7. The minimum absolute atomic E-state index is 0.127. The third kappa shape index (κ3) is 8.61. The van der Waals surface area contributed by atoms with Gasteiger partial charge >= 0.3 is 0 Å². The molecule has 3 amide bonds. The number of hydrogen-bond donors (Lipinski definition) is 3. The number of fused-ring (bicyclic) bond motifs is 16. The van der Waals surface area contributed by atoms with E-state index in [0.717, 1.165) is 22.2 Å². The van der Waals surface area contributed by atoms with Crippen LogP contribution in [0.4, 0.5) is 5.82 Å². The molecule has 5 bridgehead atoms. The highest BCUT2D eigenvalue weighted by Gasteiger charge is 2.29. The third-order valence-corrected chi connectivity index (χ3v) is 7.84. The molecule has 1 atom stereocenters. The van der Waals surface area contributed by atoms with Gasteiger partial charge < -0.3 is 25.0 Å². The summed E-state index contributed by atoms with van der Waals surface area (Å²) >= 11 is 0. The SMILES string of the molecule is CN1CCOCCOC/C=C/c2ccc(nc2)NC(=O)C2Cc3cnc(cc3C2)C(=O)NCC1=O.Cc1cc(C)c2[nH]ncc2c1. The summed E-state index contributed by atoms with van der Waals surface area (Å²) in [7, 11) is 1.66. The summed E-state index contributed by atoms with van der Waals surface area (Å²) in [5.41, 5.74) is 6.66. The van der Waals surface area contributed by atoms with E-state index in [4.69, 9.17) is 9.47 Å². The van der Waals surface area contributed by atoms with Crippen molar-refractivity contribution >= 4 is 40.5 Å². The summed E-state index contributed by atoms with van der Waals surface area (Å²) in [6.45, 7) is 6.08. The van der Waals surface area contributed by atoms with Crippen molar-refractivity contribution in [1.29, 1.82) is 0 Å². The molecule has 12 nitrogen and oxygen atoms in total. The maximum Gasteiger partial charge on any atom is 0.270 e. The predicted octanol–water partition coefficient (Wildman–Crippen LogP) is 3.26. The van der Waals surface area contributed by atoms with Gasteiger partial charge in [0.1, 0.15) is 11.5 Å². The molecule has 240 valence electrons. The van der Waals surface area contributed by atoms with Gasteiger partial charge in [-0.3, -0.25) is 24.5 Å². The Kier molecular flexibility index (Phi) is 10.8. The van der Waals surface area contributed by atoms with E-state index < -0.39 is 5.91 Å². The van der Waals surface area contributed by atoms with Crippen LogP contribution in [-0.4, -0.2) is 89.4 Å². The van der Waals surface area contributed by atoms with Crippen LogP contribution in [0, 0.1) is 19.8 Å². The quantitative estimate of drug-likeness (QED) is 0.252. The number of aromatic nitrogens is 4. The number of pyridine rings is 2. The van der Waals surface area contributed by atoms with Crippen molar-refractivity contribution in [1.82, 2.24) is 30.4 Å². The van der Waals surface area contributed by atoms with Crippen LogP contribution in [0.2, 0.25) is 0 Å². The van der Waals surface area contributed by atoms with Gasteiger partial charge in [-0.15, -0.1) is 0 Å². The Morgan fingerprint density at radius 1 is 0.913 bits per heavy atom. The highest BCUT2D eigenvalue weighted by Crippen LogP contribution is 2.27. The first-order valence-corrected chi connectivity index (χ1v) is 15.3. The maximum atomic E-state index is 12.8. The van der Waals surface area contributed by atoms with Crippen molar-refractivity contribution < 1.29 is 23.9 Å². The van der Waals surface area contributed by atoms with Gasteiger partial charge in [0.25, 0.3) is 5.91 Å². The van der Waals surface area contributed by atoms with E-state index in [0.29, 0.717) is 51.6 Å². The van der Waals surface area contributed by atoms with Gasteiger partial charge in [-0.25, -0.2) is 4.98 Å². The number of ether oxygens (including phenoxy) is 2. The third-order valence-electron chi connectivity index (χ3n) is 7.84. The number of carbonyl (C=O) groups excluding carboxylic acids is 3. The van der Waals surface area contributed by atoms with E-state index in [1.165, 1.54) is 21.4 Å². The Labute approximate surface area is 267 Å². The summed E-state index contributed by atoms with van der Waals surface area (Å²) in [6.07, 6.45) is 10.0. The molecule has 12 heteroatoms. The van der Waals surface area contributed by atoms with Gasteiger partial charge in [0.15, 0.2) is 0 Å². The number of nitrogens with zero attached hydrogens (tertiary/aromatic N) is 4. The van der Waals surface area contributed by atoms with Gasteiger partial charge in [-0.2, -0.15) is 5.10 Å². The average Bonchev–Trinajstić information content (AvgIpc) is 3.70. The number of rotatable bonds is 0. The van der Waals surface area contributed by atoms with Gasteiger partial charge in [-0.05, 0) is 73.2 Å². The lowest BCUT2D eigenvalue weighted by Crippen LogP contribution is -2.39. The highest BCUT2D eigenvalue weighted by molar-refractivity contribution is 5.95. The smallest absolute Gasteiger partial charge is 0.270 e. The average molecular weight is 626 g/mol. The molecule has 3 N–H and O–H groups in total. The lowest BCUT2D eigenvalue weighted by Gasteiger charge is -2.17. The molecule has 1 aliphatic carbocycles. The van der Waals surface area contributed by atoms with Gasteiger partial charge in [-0.1, -0.05) is 23.8 Å². The lowest BCUT2D eigenvalue weighted by atomic mass is 10.1. The molecule has 0 radical (unpaired) electrons. The fourth-order valence-electron chi connectivity index (χ4n) is 5.30. The minimum Gasteiger partial charge on any atom is -0.377 e. The second-order valence-corrected chi connectivity index (χ2v) is 11.4. The molecule has 3 aromatic heterocycles. The van der Waals surface area contributed by atoms with Crippen LogP contribution in [0.15, 0.2) is 55.0 Å². The molecule has 0 fully saturated rings. The fourth-order valence-corrected chi connectivity index (χ4v) is 5.30. The molecule has 0 saturated carbocycles. The number of aromatic amines is 1. The fraction of sp³-hybridized carbons (Fsp3) is 0.353. The number of amides is 3. The van der Waals surface area contributed by atoms with Gasteiger partial charge in [0.05, 0.1) is 44.7 Å². The zero-order valence-electron chi connectivity index (χ0n) is 26.3. The number of aryl methyl sites for hydroxylation is 2. The molecule has 2 aliphatic heterocycles. The molecule has 1 unspecified atom stereocenters. The van der Waals surface area contributed by atoms with Crippen molar-refractivity contribution in [2.45, 2.75) is 26.7 Å². The van der Waals surface area contributed by atoms with Gasteiger partial charge in [0.2, 0.25) is 11.8 Å². The van der Waals surface area contributed by atoms with E-state index in [-0.39, 0.29) is 30.0 Å². The van der Waals surface area contributed by atoms with E-state index in [1.807, 2.05) is 24.4 Å². The molecular formula is C34H39N7O5. The van der Waals surface area contributed by atoms with Crippen molar-refractivity contribution in [2.24, 2.45) is 5.92 Å². The second kappa shape index (κ2) is 15.4. The zero-order valence-corrected chi connectivity index (χ0v) is 26.3. The standard InChI is InChI=1S/C25H29N5O5.C9H10N2/c1-30-6-8-35-10-9-34-7-2-3-17-4-5-22(27-14-17)29-24(32)19-11-18-13-21(26-15-20(18)12-19)25(33)28-16-23(30)31;1-6-3-7(2)9-8(4-6)5-10-11-9/h2-5,13-15,19H,6-12,16H2,1H3,(H,28,33)(H,27,29,32);3-5H,1-2H3,(H,10,11)/b3-2+;. The molecule has 0 saturated heterocycles. The first kappa shape index (κ1) is 32.5. The molecule has 0 spiro atoms. The van der Waals surface area contributed by atoms with Crippen molar-refractivity contribution in [3.05, 3.63) is 88.5 Å². The zero-order chi connectivity index (χ0) is 32.5. The molecule has 7 rings (SSSR count). The Morgan fingerprint density at radius 3 is 2.57 bits per heavy atom. The minimum atomic E-state index is -0.431. The first-order valence-electron chi connectivity index (χ1n) is 15.3. The number of anilines is 1. The molecule has 3 aliphatic rings. The van der Waals surface area contributed by atoms with Crippen LogP contribution < -0.4 is 10.6 Å². The molecule has 4 aromatic rings. The number of nitrogens with one attached hydrogen (secondary N) is 3. The van der Waals surface area contributed by atoms with Crippen molar-refractivity contribution in [3.8, 4) is 0 Å². The number of benzene rings is 1. The predicted molar refractivity (Wildman–Crippen MR) is 174 cm³/mol. The summed E-state index contributed by atoms with van der Waals surface area (Å²) < 4.78 is 11.0. The second-order valence-electron chi connectivity index (χ2n) is 11.4. The number of H-pyrrole nitrogens is 1. The first-order chi connectivity index (χ1) is 22.3. The Balaban J connectivity index is 0.000000316. The van der Waals surface area contributed by atoms with E-state index in [1.54, 1.807) is 31.6 Å². The monoisotopic (exact) mass is 625 g/mol. The Morgan fingerprint density at radius 2 is 1.74 bits per heavy atom. The van der Waals surface area contributed by atoms with Crippen molar-refractivity contribution in [3.63, 3.8) is 0 Å². The molecule has 46 heavy (non-hydrogen) atoms. The topological polar surface area (TPSA) is 151 Å². The van der Waals surface area contributed by atoms with Crippen LogP contribution in [0.3, 0.4) is 0 Å². The number of hydrogen-bond acceptors (Lipinski definition) is 8. The van der Waals surface area contributed by atoms with E-state index in [9.17, 15) is 14.4 Å². The summed E-state index contributed by atoms with van der Waals surface area (Å²) in [5, 5.41) is 13.6. The number of carbonyl (C=O) groups is 3. The van der Waals surface area contributed by atoms with Crippen LogP contribution in [0.1, 0.15) is 38.3 Å².